The van der Waals surface area contributed by atoms with Gasteiger partial charge in [0.1, 0.15) is 24.4 Å². The first-order valence-electron chi connectivity index (χ1n) is 5.21. The number of ether oxygens (including phenoxy) is 1. The minimum absolute atomic E-state index is 0.611. The zero-order valence-electron chi connectivity index (χ0n) is 9.83. The highest BCUT2D eigenvalue weighted by Crippen LogP contribution is 2.23. The molecule has 5 N–H and O–H groups in total. The van der Waals surface area contributed by atoms with E-state index >= 15 is 0 Å². The normalized spacial score (nSPS) is 35.9. The maximum Gasteiger partial charge on any atom is 0.397 e. The number of carbonyl (C=O) groups is 1. The van der Waals surface area contributed by atoms with Crippen LogP contribution in [0.4, 0.5) is 0 Å². The van der Waals surface area contributed by atoms with Crippen LogP contribution in [-0.2, 0) is 24.1 Å². The summed E-state index contributed by atoms with van der Waals surface area (Å²) >= 11 is 0. The smallest absolute Gasteiger partial charge is 0.394 e. The number of nitrogens with one attached hydrogen (secondary N) is 1. The van der Waals surface area contributed by atoms with Crippen molar-refractivity contribution in [2.45, 2.75) is 37.6 Å². The minimum atomic E-state index is -4.91. The fourth-order valence-corrected chi connectivity index (χ4v) is 2.25. The second-order valence-corrected chi connectivity index (χ2v) is 5.00. The van der Waals surface area contributed by atoms with Crippen LogP contribution in [0.15, 0.2) is 0 Å². The molecule has 1 fully saturated rings. The number of hydrogen-bond donors (Lipinski definition) is 5. The molecular formula is C8H15NO9S. The Kier molecular flexibility index (Phi) is 5.20. The van der Waals surface area contributed by atoms with Crippen LogP contribution < -0.4 is 5.32 Å². The molecular weight excluding hydrogens is 286 g/mol. The SMILES string of the molecule is CC(=O)N[C@@H]1[C@@H](O)[C@H](OS(=O)(=O)O)[C@@H](CO)O[C@@H]1O. The van der Waals surface area contributed by atoms with E-state index in [9.17, 15) is 23.4 Å². The van der Waals surface area contributed by atoms with Gasteiger partial charge in [0.05, 0.1) is 6.61 Å². The second-order valence-electron chi connectivity index (χ2n) is 3.95. The minimum Gasteiger partial charge on any atom is -0.394 e. The van der Waals surface area contributed by atoms with Crippen molar-refractivity contribution in [3.05, 3.63) is 0 Å². The van der Waals surface area contributed by atoms with Crippen LogP contribution in [-0.4, -0.2) is 71.4 Å². The average Bonchev–Trinajstić information content (AvgIpc) is 2.26. The van der Waals surface area contributed by atoms with Crippen molar-refractivity contribution in [2.24, 2.45) is 0 Å². The molecule has 11 heteroatoms. The van der Waals surface area contributed by atoms with E-state index in [-0.39, 0.29) is 0 Å². The highest BCUT2D eigenvalue weighted by molar-refractivity contribution is 7.80. The van der Waals surface area contributed by atoms with Gasteiger partial charge in [-0.1, -0.05) is 0 Å². The Morgan fingerprint density at radius 2 is 2.00 bits per heavy atom. The molecule has 0 aliphatic carbocycles. The third-order valence-electron chi connectivity index (χ3n) is 2.47. The Hall–Kier alpha value is -0.820. The van der Waals surface area contributed by atoms with Gasteiger partial charge in [0.15, 0.2) is 6.29 Å². The van der Waals surface area contributed by atoms with Gasteiger partial charge in [0.25, 0.3) is 0 Å². The van der Waals surface area contributed by atoms with Crippen molar-refractivity contribution < 1.29 is 42.0 Å². The zero-order valence-corrected chi connectivity index (χ0v) is 10.6. The van der Waals surface area contributed by atoms with Crippen molar-refractivity contribution in [3.63, 3.8) is 0 Å². The first kappa shape index (κ1) is 16.2. The lowest BCUT2D eigenvalue weighted by Gasteiger charge is -2.41. The van der Waals surface area contributed by atoms with Gasteiger partial charge in [-0.25, -0.2) is 4.18 Å². The van der Waals surface area contributed by atoms with Crippen molar-refractivity contribution in [2.75, 3.05) is 6.61 Å². The molecule has 10 nitrogen and oxygen atoms in total. The summed E-state index contributed by atoms with van der Waals surface area (Å²) in [5.41, 5.74) is 0. The van der Waals surface area contributed by atoms with Gasteiger partial charge in [-0.3, -0.25) is 9.35 Å². The molecule has 0 radical (unpaired) electrons. The maximum atomic E-state index is 10.9. The predicted octanol–water partition coefficient (Wildman–Crippen LogP) is -3.25. The first-order chi connectivity index (χ1) is 8.65. The fraction of sp³-hybridized carbons (Fsp3) is 0.875. The third-order valence-corrected chi connectivity index (χ3v) is 2.94. The Labute approximate surface area is 108 Å². The molecule has 1 amide bonds. The van der Waals surface area contributed by atoms with Crippen molar-refractivity contribution in [1.29, 1.82) is 0 Å². The molecule has 0 spiro atoms. The van der Waals surface area contributed by atoms with Crippen LogP contribution in [0.3, 0.4) is 0 Å². The zero-order chi connectivity index (χ0) is 14.8. The molecule has 1 aliphatic rings. The Bertz CT molecular complexity index is 424. The molecule has 1 heterocycles. The maximum absolute atomic E-state index is 10.9. The molecule has 5 atom stereocenters. The van der Waals surface area contributed by atoms with Crippen LogP contribution in [0, 0.1) is 0 Å². The monoisotopic (exact) mass is 301 g/mol. The van der Waals surface area contributed by atoms with Gasteiger partial charge in [-0.05, 0) is 0 Å². The quantitative estimate of drug-likeness (QED) is 0.335. The largest absolute Gasteiger partial charge is 0.397 e. The Balaban J connectivity index is 2.94. The molecule has 112 valence electrons. The summed E-state index contributed by atoms with van der Waals surface area (Å²) in [5.74, 6) is -0.611. The number of aliphatic hydroxyl groups is 3. The van der Waals surface area contributed by atoms with Crippen LogP contribution in [0.25, 0.3) is 0 Å². The van der Waals surface area contributed by atoms with Gasteiger partial charge in [-0.15, -0.1) is 0 Å². The summed E-state index contributed by atoms with van der Waals surface area (Å²) in [6.07, 6.45) is -6.46. The summed E-state index contributed by atoms with van der Waals surface area (Å²) in [5, 5.41) is 30.5. The molecule has 0 saturated carbocycles. The molecule has 0 aromatic heterocycles. The van der Waals surface area contributed by atoms with Crippen LogP contribution in [0.5, 0.6) is 0 Å². The average molecular weight is 301 g/mol. The number of hydrogen-bond acceptors (Lipinski definition) is 8. The Morgan fingerprint density at radius 1 is 1.42 bits per heavy atom. The number of rotatable bonds is 4. The van der Waals surface area contributed by atoms with E-state index in [0.717, 1.165) is 6.92 Å². The van der Waals surface area contributed by atoms with Gasteiger partial charge < -0.3 is 25.4 Å². The van der Waals surface area contributed by atoms with E-state index in [1.807, 2.05) is 0 Å². The Morgan fingerprint density at radius 3 is 2.42 bits per heavy atom. The van der Waals surface area contributed by atoms with Crippen molar-refractivity contribution >= 4 is 16.3 Å². The lowest BCUT2D eigenvalue weighted by atomic mass is 9.97. The lowest BCUT2D eigenvalue weighted by Crippen LogP contribution is -2.64. The van der Waals surface area contributed by atoms with Crippen molar-refractivity contribution in [1.82, 2.24) is 5.32 Å². The van der Waals surface area contributed by atoms with Gasteiger partial charge in [0.2, 0.25) is 5.91 Å². The molecule has 1 saturated heterocycles. The summed E-state index contributed by atoms with van der Waals surface area (Å²) in [4.78, 5) is 10.9. The first-order valence-corrected chi connectivity index (χ1v) is 6.57. The number of aliphatic hydroxyl groups excluding tert-OH is 3. The van der Waals surface area contributed by atoms with Gasteiger partial charge in [-0.2, -0.15) is 8.42 Å². The van der Waals surface area contributed by atoms with Crippen LogP contribution >= 0.6 is 0 Å². The number of amides is 1. The van der Waals surface area contributed by atoms with Gasteiger partial charge in [0, 0.05) is 6.92 Å². The molecule has 1 rings (SSSR count). The standard InChI is InChI=1S/C8H15NO9S/c1-3(11)9-5-6(12)7(18-19(14,15)16)4(2-10)17-8(5)13/h4-8,10,12-13H,2H2,1H3,(H,9,11)(H,14,15,16)/t4-,5-,6-,7-,8+/m1/s1. The highest BCUT2D eigenvalue weighted by atomic mass is 32.3. The number of carbonyl (C=O) groups excluding carboxylic acids is 1. The molecule has 0 unspecified atom stereocenters. The lowest BCUT2D eigenvalue weighted by molar-refractivity contribution is -0.248. The molecule has 0 aromatic carbocycles. The summed E-state index contributed by atoms with van der Waals surface area (Å²) in [6, 6.07) is -1.37. The van der Waals surface area contributed by atoms with Gasteiger partial charge >= 0.3 is 10.4 Å². The molecule has 0 aromatic rings. The summed E-state index contributed by atoms with van der Waals surface area (Å²) in [7, 11) is -4.91. The third kappa shape index (κ3) is 4.35. The van der Waals surface area contributed by atoms with E-state index in [0.29, 0.717) is 0 Å². The van der Waals surface area contributed by atoms with E-state index < -0.39 is 53.6 Å². The second kappa shape index (κ2) is 6.09. The van der Waals surface area contributed by atoms with E-state index in [4.69, 9.17) is 14.4 Å². The molecule has 1 aliphatic heterocycles. The summed E-state index contributed by atoms with van der Waals surface area (Å²) < 4.78 is 38.9. The van der Waals surface area contributed by atoms with Crippen LogP contribution in [0.2, 0.25) is 0 Å². The van der Waals surface area contributed by atoms with E-state index in [2.05, 4.69) is 9.50 Å². The van der Waals surface area contributed by atoms with Crippen molar-refractivity contribution in [3.8, 4) is 0 Å². The van der Waals surface area contributed by atoms with E-state index in [1.165, 1.54) is 0 Å². The molecule has 19 heavy (non-hydrogen) atoms. The van der Waals surface area contributed by atoms with Crippen LogP contribution in [0.1, 0.15) is 6.92 Å². The fourth-order valence-electron chi connectivity index (χ4n) is 1.73. The highest BCUT2D eigenvalue weighted by Gasteiger charge is 2.47. The van der Waals surface area contributed by atoms with E-state index in [1.54, 1.807) is 0 Å². The predicted molar refractivity (Wildman–Crippen MR) is 58.0 cm³/mol. The molecule has 0 bridgehead atoms. The topological polar surface area (TPSA) is 163 Å². The summed E-state index contributed by atoms with van der Waals surface area (Å²) in [6.45, 7) is 0.331.